The first-order valence-corrected chi connectivity index (χ1v) is 6.00. The summed E-state index contributed by atoms with van der Waals surface area (Å²) < 4.78 is 4.68. The van der Waals surface area contributed by atoms with Crippen molar-refractivity contribution in [2.75, 3.05) is 13.2 Å². The molecule has 6 heteroatoms. The van der Waals surface area contributed by atoms with E-state index in [2.05, 4.69) is 15.4 Å². The second-order valence-corrected chi connectivity index (χ2v) is 4.14. The van der Waals surface area contributed by atoms with Crippen molar-refractivity contribution < 1.29 is 19.4 Å². The molecule has 1 fully saturated rings. The summed E-state index contributed by atoms with van der Waals surface area (Å²) in [6, 6.07) is -0.278. The Morgan fingerprint density at radius 1 is 1.29 bits per heavy atom. The fraction of sp³-hybridized carbons (Fsp3) is 0.818. The number of urea groups is 1. The van der Waals surface area contributed by atoms with Crippen LogP contribution in [-0.4, -0.2) is 42.4 Å². The summed E-state index contributed by atoms with van der Waals surface area (Å²) in [6.07, 6.45) is 2.73. The number of nitrogens with one attached hydrogen (secondary N) is 2. The lowest BCUT2D eigenvalue weighted by Crippen LogP contribution is -2.45. The quantitative estimate of drug-likeness (QED) is 0.614. The van der Waals surface area contributed by atoms with Crippen LogP contribution in [0.5, 0.6) is 0 Å². The molecule has 98 valence electrons. The third-order valence-corrected chi connectivity index (χ3v) is 2.73. The molecule has 0 aromatic rings. The second kappa shape index (κ2) is 7.11. The van der Waals surface area contributed by atoms with Gasteiger partial charge in [0.05, 0.1) is 12.7 Å². The second-order valence-electron chi connectivity index (χ2n) is 4.14. The van der Waals surface area contributed by atoms with Crippen LogP contribution in [0, 0.1) is 0 Å². The molecule has 0 atom stereocenters. The Bertz CT molecular complexity index is 262. The predicted octanol–water partition coefficient (Wildman–Crippen LogP) is 0.152. The molecule has 0 unspecified atom stereocenters. The zero-order valence-corrected chi connectivity index (χ0v) is 10.1. The lowest BCUT2D eigenvalue weighted by atomic mass is 9.93. The van der Waals surface area contributed by atoms with Gasteiger partial charge in [-0.3, -0.25) is 4.79 Å². The zero-order valence-electron chi connectivity index (χ0n) is 10.1. The number of hydrogen-bond donors (Lipinski definition) is 3. The van der Waals surface area contributed by atoms with Crippen LogP contribution in [0.25, 0.3) is 0 Å². The average Bonchev–Trinajstić information content (AvgIpc) is 2.30. The van der Waals surface area contributed by atoms with Crippen molar-refractivity contribution in [2.45, 2.75) is 44.8 Å². The molecule has 0 aromatic heterocycles. The topological polar surface area (TPSA) is 87.7 Å². The molecule has 0 saturated heterocycles. The lowest BCUT2D eigenvalue weighted by molar-refractivity contribution is -0.141. The molecule has 0 aliphatic heterocycles. The molecule has 1 rings (SSSR count). The van der Waals surface area contributed by atoms with Crippen molar-refractivity contribution >= 4 is 12.0 Å². The number of hydrogen-bond acceptors (Lipinski definition) is 4. The Balaban J connectivity index is 2.14. The minimum absolute atomic E-state index is 0.0839. The number of carbonyl (C=O) groups excluding carboxylic acids is 2. The van der Waals surface area contributed by atoms with Gasteiger partial charge < -0.3 is 20.5 Å². The number of rotatable bonds is 4. The Morgan fingerprint density at radius 3 is 2.53 bits per heavy atom. The first-order chi connectivity index (χ1) is 8.11. The van der Waals surface area contributed by atoms with Crippen molar-refractivity contribution in [1.29, 1.82) is 0 Å². The van der Waals surface area contributed by atoms with Gasteiger partial charge in [0.15, 0.2) is 0 Å². The number of esters is 1. The summed E-state index contributed by atoms with van der Waals surface area (Å²) >= 11 is 0. The first-order valence-electron chi connectivity index (χ1n) is 6.00. The highest BCUT2D eigenvalue weighted by Gasteiger charge is 2.20. The molecule has 0 radical (unpaired) electrons. The van der Waals surface area contributed by atoms with Crippen LogP contribution in [0.4, 0.5) is 4.79 Å². The largest absolute Gasteiger partial charge is 0.465 e. The van der Waals surface area contributed by atoms with Crippen LogP contribution < -0.4 is 10.6 Å². The van der Waals surface area contributed by atoms with E-state index in [-0.39, 0.29) is 24.7 Å². The van der Waals surface area contributed by atoms with Crippen LogP contribution in [0.3, 0.4) is 0 Å². The molecule has 17 heavy (non-hydrogen) atoms. The Labute approximate surface area is 101 Å². The van der Waals surface area contributed by atoms with E-state index in [9.17, 15) is 14.7 Å². The molecule has 0 spiro atoms. The van der Waals surface area contributed by atoms with Gasteiger partial charge in [0.1, 0.15) is 6.54 Å². The highest BCUT2D eigenvalue weighted by atomic mass is 16.5. The third-order valence-electron chi connectivity index (χ3n) is 2.73. The van der Waals surface area contributed by atoms with Crippen molar-refractivity contribution in [1.82, 2.24) is 10.6 Å². The lowest BCUT2D eigenvalue weighted by Gasteiger charge is -2.26. The van der Waals surface area contributed by atoms with Crippen molar-refractivity contribution in [3.8, 4) is 0 Å². The van der Waals surface area contributed by atoms with Gasteiger partial charge in [0.25, 0.3) is 0 Å². The number of aliphatic hydroxyl groups is 1. The summed E-state index contributed by atoms with van der Waals surface area (Å²) in [5, 5.41) is 14.5. The van der Waals surface area contributed by atoms with Gasteiger partial charge in [-0.15, -0.1) is 0 Å². The number of carbonyl (C=O) groups is 2. The van der Waals surface area contributed by atoms with E-state index in [1.54, 1.807) is 6.92 Å². The molecule has 0 bridgehead atoms. The van der Waals surface area contributed by atoms with Crippen LogP contribution in [0.15, 0.2) is 0 Å². The van der Waals surface area contributed by atoms with E-state index in [1.165, 1.54) is 0 Å². The molecule has 0 aromatic carbocycles. The van der Waals surface area contributed by atoms with Crippen LogP contribution in [0.1, 0.15) is 32.6 Å². The standard InChI is InChI=1S/C11H20N2O4/c1-2-17-10(15)7-12-11(16)13-8-3-5-9(14)6-4-8/h8-9,14H,2-7H2,1H3,(H2,12,13,16). The number of aliphatic hydroxyl groups excluding tert-OH is 1. The van der Waals surface area contributed by atoms with Crippen LogP contribution >= 0.6 is 0 Å². The molecule has 0 heterocycles. The fourth-order valence-corrected chi connectivity index (χ4v) is 1.82. The van der Waals surface area contributed by atoms with Gasteiger partial charge in [-0.2, -0.15) is 0 Å². The van der Waals surface area contributed by atoms with Gasteiger partial charge >= 0.3 is 12.0 Å². The molecule has 1 saturated carbocycles. The molecule has 6 nitrogen and oxygen atoms in total. The summed E-state index contributed by atoms with van der Waals surface area (Å²) in [7, 11) is 0. The number of ether oxygens (including phenoxy) is 1. The third kappa shape index (κ3) is 5.53. The van der Waals surface area contributed by atoms with Crippen LogP contribution in [0.2, 0.25) is 0 Å². The van der Waals surface area contributed by atoms with Crippen LogP contribution in [-0.2, 0) is 9.53 Å². The average molecular weight is 244 g/mol. The van der Waals surface area contributed by atoms with E-state index < -0.39 is 5.97 Å². The van der Waals surface area contributed by atoms with Crippen molar-refractivity contribution in [3.63, 3.8) is 0 Å². The number of amides is 2. The van der Waals surface area contributed by atoms with Gasteiger partial charge in [-0.1, -0.05) is 0 Å². The van der Waals surface area contributed by atoms with Gasteiger partial charge in [-0.25, -0.2) is 4.79 Å². The van der Waals surface area contributed by atoms with E-state index in [1.807, 2.05) is 0 Å². The maximum Gasteiger partial charge on any atom is 0.325 e. The van der Waals surface area contributed by atoms with Gasteiger partial charge in [0.2, 0.25) is 0 Å². The SMILES string of the molecule is CCOC(=O)CNC(=O)NC1CCC(O)CC1. The summed E-state index contributed by atoms with van der Waals surface area (Å²) in [4.78, 5) is 22.4. The minimum Gasteiger partial charge on any atom is -0.465 e. The van der Waals surface area contributed by atoms with Gasteiger partial charge in [0, 0.05) is 6.04 Å². The minimum atomic E-state index is -0.443. The predicted molar refractivity (Wildman–Crippen MR) is 61.4 cm³/mol. The summed E-state index contributed by atoms with van der Waals surface area (Å²) in [5.74, 6) is -0.443. The summed E-state index contributed by atoms with van der Waals surface area (Å²) in [5.41, 5.74) is 0. The van der Waals surface area contributed by atoms with E-state index in [0.717, 1.165) is 12.8 Å². The highest BCUT2D eigenvalue weighted by Crippen LogP contribution is 2.17. The van der Waals surface area contributed by atoms with E-state index >= 15 is 0 Å². The Hall–Kier alpha value is -1.30. The Morgan fingerprint density at radius 2 is 1.94 bits per heavy atom. The first kappa shape index (κ1) is 13.8. The molecule has 1 aliphatic carbocycles. The van der Waals surface area contributed by atoms with Gasteiger partial charge in [-0.05, 0) is 32.6 Å². The molecular weight excluding hydrogens is 224 g/mol. The molecule has 2 amide bonds. The maximum atomic E-state index is 11.4. The van der Waals surface area contributed by atoms with E-state index in [0.29, 0.717) is 19.4 Å². The normalized spacial score (nSPS) is 23.9. The Kier molecular flexibility index (Phi) is 5.76. The van der Waals surface area contributed by atoms with Crippen molar-refractivity contribution in [3.05, 3.63) is 0 Å². The molecule has 3 N–H and O–H groups in total. The summed E-state index contributed by atoms with van der Waals surface area (Å²) in [6.45, 7) is 1.91. The van der Waals surface area contributed by atoms with Crippen molar-refractivity contribution in [2.24, 2.45) is 0 Å². The van der Waals surface area contributed by atoms with E-state index in [4.69, 9.17) is 0 Å². The highest BCUT2D eigenvalue weighted by molar-refractivity contribution is 5.80. The molecule has 1 aliphatic rings. The molecular formula is C11H20N2O4. The zero-order chi connectivity index (χ0) is 12.7. The maximum absolute atomic E-state index is 11.4. The monoisotopic (exact) mass is 244 g/mol. The smallest absolute Gasteiger partial charge is 0.325 e. The fourth-order valence-electron chi connectivity index (χ4n) is 1.82.